The fraction of sp³-hybridized carbons (Fsp3) is 0.350. The van der Waals surface area contributed by atoms with Crippen molar-refractivity contribution in [3.05, 3.63) is 144 Å². The van der Waals surface area contributed by atoms with E-state index in [1.807, 2.05) is 63.8 Å². The highest BCUT2D eigenvalue weighted by Gasteiger charge is 2.26. The fourth-order valence-electron chi connectivity index (χ4n) is 11.1. The topological polar surface area (TPSA) is 167 Å². The molecule has 17 heteroatoms. The molecule has 4 aliphatic heterocycles. The highest BCUT2D eigenvalue weighted by Crippen LogP contribution is 2.37. The summed E-state index contributed by atoms with van der Waals surface area (Å²) >= 11 is 0. The molecular weight excluding hydrogens is 984 g/mol. The quantitative estimate of drug-likeness (QED) is 0.134. The van der Waals surface area contributed by atoms with Gasteiger partial charge in [-0.1, -0.05) is 12.2 Å². The number of nitrogens with zero attached hydrogens (tertiary/aromatic N) is 5. The van der Waals surface area contributed by atoms with Gasteiger partial charge in [-0.25, -0.2) is 13.2 Å². The van der Waals surface area contributed by atoms with Gasteiger partial charge in [-0.05, 0) is 121 Å². The van der Waals surface area contributed by atoms with Crippen molar-refractivity contribution in [3.8, 4) is 5.75 Å². The summed E-state index contributed by atoms with van der Waals surface area (Å²) in [6.07, 6.45) is 21.1. The Bertz CT molecular complexity index is 3500. The normalized spacial score (nSPS) is 16.3. The Balaban J connectivity index is 0.000000125. The molecule has 0 aliphatic carbocycles. The Morgan fingerprint density at radius 2 is 1.06 bits per heavy atom. The molecule has 4 N–H and O–H groups in total. The lowest BCUT2D eigenvalue weighted by molar-refractivity contribution is -0.130. The van der Waals surface area contributed by atoms with Crippen molar-refractivity contribution in [2.24, 2.45) is 0 Å². The number of carbonyl (C=O) groups excluding carboxylic acids is 4. The average molecular weight is 1050 g/mol. The summed E-state index contributed by atoms with van der Waals surface area (Å²) in [5, 5.41) is 3.95. The van der Waals surface area contributed by atoms with Gasteiger partial charge in [0, 0.05) is 161 Å². The van der Waals surface area contributed by atoms with Gasteiger partial charge < -0.3 is 44.3 Å². The molecule has 2 fully saturated rings. The van der Waals surface area contributed by atoms with E-state index in [1.165, 1.54) is 58.2 Å². The molecule has 402 valence electrons. The van der Waals surface area contributed by atoms with Gasteiger partial charge in [-0.15, -0.1) is 0 Å². The predicted octanol–water partition coefficient (Wildman–Crippen LogP) is 11.2. The van der Waals surface area contributed by atoms with E-state index in [2.05, 4.69) is 49.3 Å². The molecule has 4 aliphatic rings. The number of halogens is 3. The van der Waals surface area contributed by atoms with Crippen LogP contribution in [0.5, 0.6) is 5.75 Å². The van der Waals surface area contributed by atoms with Crippen LogP contribution in [-0.4, -0.2) is 128 Å². The number of hydrogen-bond donors (Lipinski definition) is 4. The largest absolute Gasteiger partial charge is 0.497 e. The Hall–Kier alpha value is -8.08. The highest BCUT2D eigenvalue weighted by molar-refractivity contribution is 5.94. The third-order valence-electron chi connectivity index (χ3n) is 15.5. The van der Waals surface area contributed by atoms with Crippen LogP contribution in [-0.2, 0) is 19.2 Å². The molecule has 3 aromatic carbocycles. The molecule has 2 saturated heterocycles. The standard InChI is InChI=1S/C16H20N2O2.C15H14F2N2O.C15H17FN2O.C14H15N3O/c1-11(19)18-7-5-12(6-8-18)15-10-17-16-4-3-13(20-2)9-14(15)16;1-9(20)19-4-2-10(3-5-19)12-8-18-14-7-11(16)6-13(17)15(12)14;1-10(19)18-6-4-11(5-7-18)14-9-17-15-8-12(16)2-3-13(14)15;1-10(18)17-6-3-11(4-7-17)13-8-16-14-9-15-5-2-12(13)14/h3-4,9-10,12,17H,5-8H2,1-2H3;2,6-8,18H,3-5H2,1H3;2-3,8-9,11,17H,4-7H2,1H3;2-3,5,8-9,16H,4,6-7H2,1H3. The van der Waals surface area contributed by atoms with E-state index in [1.54, 1.807) is 39.0 Å². The zero-order valence-electron chi connectivity index (χ0n) is 44.3. The number of hydrogen-bond acceptors (Lipinski definition) is 6. The lowest BCUT2D eigenvalue weighted by Gasteiger charge is -2.31. The second-order valence-electron chi connectivity index (χ2n) is 20.2. The molecule has 0 atom stereocenters. The maximum Gasteiger partial charge on any atom is 0.219 e. The Labute approximate surface area is 445 Å². The van der Waals surface area contributed by atoms with Crippen LogP contribution < -0.4 is 4.74 Å². The molecule has 8 aromatic rings. The molecule has 0 saturated carbocycles. The number of ether oxygens (including phenoxy) is 1. The summed E-state index contributed by atoms with van der Waals surface area (Å²) in [7, 11) is 1.69. The molecule has 0 unspecified atom stereocenters. The van der Waals surface area contributed by atoms with Crippen molar-refractivity contribution in [2.45, 2.75) is 78.1 Å². The molecule has 5 aromatic heterocycles. The zero-order chi connectivity index (χ0) is 54.3. The number of H-pyrrole nitrogens is 4. The van der Waals surface area contributed by atoms with Crippen LogP contribution in [0.1, 0.15) is 100 Å². The van der Waals surface area contributed by atoms with Crippen LogP contribution in [0.4, 0.5) is 13.2 Å². The number of carbonyl (C=O) groups is 4. The third-order valence-corrected chi connectivity index (χ3v) is 15.5. The highest BCUT2D eigenvalue weighted by atomic mass is 19.1. The van der Waals surface area contributed by atoms with E-state index in [0.29, 0.717) is 48.8 Å². The first-order chi connectivity index (χ1) is 37.1. The van der Waals surface area contributed by atoms with Crippen molar-refractivity contribution in [3.63, 3.8) is 0 Å². The number of amides is 4. The van der Waals surface area contributed by atoms with Crippen LogP contribution in [0.2, 0.25) is 0 Å². The second-order valence-corrected chi connectivity index (χ2v) is 20.2. The van der Waals surface area contributed by atoms with Crippen molar-refractivity contribution in [2.75, 3.05) is 59.5 Å². The molecule has 0 spiro atoms. The molecule has 0 bridgehead atoms. The van der Waals surface area contributed by atoms with Gasteiger partial charge in [0.2, 0.25) is 23.6 Å². The number of piperidine rings is 2. The number of nitrogens with one attached hydrogen (secondary N) is 4. The van der Waals surface area contributed by atoms with E-state index in [4.69, 9.17) is 4.74 Å². The van der Waals surface area contributed by atoms with Crippen molar-refractivity contribution in [1.82, 2.24) is 44.5 Å². The number of fused-ring (bicyclic) bond motifs is 4. The summed E-state index contributed by atoms with van der Waals surface area (Å²) < 4.78 is 45.6. The molecular formula is C60H66F3N9O5. The van der Waals surface area contributed by atoms with Crippen LogP contribution in [0.25, 0.3) is 54.8 Å². The van der Waals surface area contributed by atoms with Gasteiger partial charge in [-0.2, -0.15) is 0 Å². The maximum absolute atomic E-state index is 13.9. The van der Waals surface area contributed by atoms with Gasteiger partial charge >= 0.3 is 0 Å². The summed E-state index contributed by atoms with van der Waals surface area (Å²) in [6, 6.07) is 15.2. The molecule has 4 amide bonds. The van der Waals surface area contributed by atoms with E-state index in [0.717, 1.165) is 110 Å². The number of rotatable bonds is 5. The number of pyridine rings is 1. The molecule has 14 nitrogen and oxygen atoms in total. The lowest BCUT2D eigenvalue weighted by atomic mass is 9.89. The summed E-state index contributed by atoms with van der Waals surface area (Å²) in [5.74, 6) is 1.01. The van der Waals surface area contributed by atoms with Gasteiger partial charge in [-0.3, -0.25) is 24.2 Å². The minimum Gasteiger partial charge on any atom is -0.497 e. The number of aromatic nitrogens is 5. The number of methoxy groups -OCH3 is 1. The fourth-order valence-corrected chi connectivity index (χ4v) is 11.1. The lowest BCUT2D eigenvalue weighted by Crippen LogP contribution is -2.36. The van der Waals surface area contributed by atoms with Gasteiger partial charge in [0.1, 0.15) is 23.2 Å². The van der Waals surface area contributed by atoms with Crippen molar-refractivity contribution in [1.29, 1.82) is 0 Å². The van der Waals surface area contributed by atoms with Gasteiger partial charge in [0.05, 0.1) is 24.3 Å². The van der Waals surface area contributed by atoms with Gasteiger partial charge in [0.25, 0.3) is 0 Å². The molecule has 12 rings (SSSR count). The SMILES string of the molecule is CC(=O)N1CC=C(c2c[nH]c3cc(F)cc(F)c23)CC1.CC(=O)N1CC=C(c2c[nH]c3cnccc23)CC1.CC(=O)N1CCC(c2c[nH]c3cc(F)ccc23)CC1.COc1ccc2[nH]cc(C3CCN(C(C)=O)CC3)c2c1. The summed E-state index contributed by atoms with van der Waals surface area (Å²) in [6.45, 7) is 12.4. The smallest absolute Gasteiger partial charge is 0.219 e. The van der Waals surface area contributed by atoms with E-state index in [-0.39, 0.29) is 29.4 Å². The summed E-state index contributed by atoms with van der Waals surface area (Å²) in [4.78, 5) is 69.4. The van der Waals surface area contributed by atoms with Crippen LogP contribution in [0, 0.1) is 17.5 Å². The zero-order valence-corrected chi connectivity index (χ0v) is 44.3. The first kappa shape index (κ1) is 53.7. The molecule has 0 radical (unpaired) electrons. The Kier molecular flexibility index (Phi) is 16.6. The number of benzene rings is 3. The first-order valence-corrected chi connectivity index (χ1v) is 26.3. The second kappa shape index (κ2) is 23.9. The van der Waals surface area contributed by atoms with Crippen molar-refractivity contribution >= 4 is 78.4 Å². The minimum atomic E-state index is -0.594. The van der Waals surface area contributed by atoms with Gasteiger partial charge in [0.15, 0.2) is 0 Å². The average Bonchev–Trinajstić information content (AvgIpc) is 4.29. The monoisotopic (exact) mass is 1050 g/mol. The van der Waals surface area contributed by atoms with Crippen LogP contribution in [0.15, 0.2) is 104 Å². The summed E-state index contributed by atoms with van der Waals surface area (Å²) in [5.41, 5.74) is 10.4. The molecule has 9 heterocycles. The number of aromatic amines is 4. The van der Waals surface area contributed by atoms with Crippen LogP contribution in [0.3, 0.4) is 0 Å². The Morgan fingerprint density at radius 1 is 0.532 bits per heavy atom. The maximum atomic E-state index is 13.9. The predicted molar refractivity (Wildman–Crippen MR) is 296 cm³/mol. The minimum absolute atomic E-state index is 0.0347. The van der Waals surface area contributed by atoms with E-state index in [9.17, 15) is 32.3 Å². The van der Waals surface area contributed by atoms with Crippen LogP contribution >= 0.6 is 0 Å². The Morgan fingerprint density at radius 3 is 1.64 bits per heavy atom. The van der Waals surface area contributed by atoms with Crippen molar-refractivity contribution < 1.29 is 37.1 Å². The number of likely N-dealkylation sites (tertiary alicyclic amines) is 2. The third kappa shape index (κ3) is 12.3. The molecule has 77 heavy (non-hydrogen) atoms. The van der Waals surface area contributed by atoms with E-state index >= 15 is 0 Å². The van der Waals surface area contributed by atoms with E-state index < -0.39 is 11.6 Å². The first-order valence-electron chi connectivity index (χ1n) is 26.3.